The smallest absolute Gasteiger partial charge is 0.416 e. The summed E-state index contributed by atoms with van der Waals surface area (Å²) >= 11 is 0. The van der Waals surface area contributed by atoms with Gasteiger partial charge in [0.2, 0.25) is 0 Å². The van der Waals surface area contributed by atoms with E-state index in [4.69, 9.17) is 4.74 Å². The van der Waals surface area contributed by atoms with E-state index in [1.807, 2.05) is 4.90 Å². The highest BCUT2D eigenvalue weighted by Crippen LogP contribution is 2.32. The molecule has 0 radical (unpaired) electrons. The van der Waals surface area contributed by atoms with Gasteiger partial charge in [-0.1, -0.05) is 6.07 Å². The lowest BCUT2D eigenvalue weighted by molar-refractivity contribution is -0.137. The van der Waals surface area contributed by atoms with E-state index in [1.165, 1.54) is 18.2 Å². The molecule has 2 aromatic carbocycles. The second kappa shape index (κ2) is 8.01. The van der Waals surface area contributed by atoms with Crippen LogP contribution in [-0.2, 0) is 6.18 Å². The number of nitrogens with one attached hydrogen (secondary N) is 1. The van der Waals surface area contributed by atoms with Crippen LogP contribution in [-0.4, -0.2) is 35.9 Å². The first-order valence-corrected chi connectivity index (χ1v) is 9.89. The van der Waals surface area contributed by atoms with E-state index < -0.39 is 17.6 Å². The molecule has 0 bridgehead atoms. The summed E-state index contributed by atoms with van der Waals surface area (Å²) in [5.41, 5.74) is -0.339. The minimum absolute atomic E-state index is 0.116. The monoisotopic (exact) mass is 418 g/mol. The van der Waals surface area contributed by atoms with E-state index in [9.17, 15) is 22.8 Å². The number of benzene rings is 2. The number of hydrogen-bond acceptors (Lipinski definition) is 3. The fraction of sp³-hybridized carbons (Fsp3) is 0.364. The maximum Gasteiger partial charge on any atom is 0.416 e. The number of hydrogen-bond donors (Lipinski definition) is 1. The lowest BCUT2D eigenvalue weighted by atomic mass is 9.97. The Morgan fingerprint density at radius 1 is 1.10 bits per heavy atom. The SMILES string of the molecule is O=C(Nc1ccc2c(c1)C(=O)N1CCCCC1CCO2)c1cccc(C(F)(F)F)c1. The number of halogens is 3. The predicted octanol–water partition coefficient (Wildman–Crippen LogP) is 4.73. The van der Waals surface area contributed by atoms with Crippen LogP contribution in [0.4, 0.5) is 18.9 Å². The quantitative estimate of drug-likeness (QED) is 0.767. The van der Waals surface area contributed by atoms with Crippen LogP contribution in [0.5, 0.6) is 5.75 Å². The van der Waals surface area contributed by atoms with Crippen LogP contribution in [0.2, 0.25) is 0 Å². The molecule has 2 aliphatic heterocycles. The first-order valence-electron chi connectivity index (χ1n) is 9.89. The molecular formula is C22H21F3N2O3. The van der Waals surface area contributed by atoms with Crippen molar-refractivity contribution in [3.05, 3.63) is 59.2 Å². The fourth-order valence-corrected chi connectivity index (χ4v) is 3.97. The Morgan fingerprint density at radius 2 is 1.93 bits per heavy atom. The molecule has 4 rings (SSSR count). The number of carbonyl (C=O) groups is 2. The van der Waals surface area contributed by atoms with Gasteiger partial charge in [-0.3, -0.25) is 9.59 Å². The minimum Gasteiger partial charge on any atom is -0.493 e. The zero-order valence-corrected chi connectivity index (χ0v) is 16.2. The summed E-state index contributed by atoms with van der Waals surface area (Å²) in [6, 6.07) is 9.06. The van der Waals surface area contributed by atoms with E-state index in [-0.39, 0.29) is 17.5 Å². The van der Waals surface area contributed by atoms with Crippen LogP contribution < -0.4 is 10.1 Å². The highest BCUT2D eigenvalue weighted by molar-refractivity contribution is 6.05. The summed E-state index contributed by atoms with van der Waals surface area (Å²) in [6.45, 7) is 1.18. The lowest BCUT2D eigenvalue weighted by Crippen LogP contribution is -2.45. The Hall–Kier alpha value is -3.03. The predicted molar refractivity (Wildman–Crippen MR) is 105 cm³/mol. The Kier molecular flexibility index (Phi) is 5.40. The van der Waals surface area contributed by atoms with Gasteiger partial charge in [0.05, 0.1) is 17.7 Å². The molecule has 2 amide bonds. The van der Waals surface area contributed by atoms with E-state index in [2.05, 4.69) is 5.32 Å². The molecule has 30 heavy (non-hydrogen) atoms. The van der Waals surface area contributed by atoms with Gasteiger partial charge in [0, 0.05) is 30.3 Å². The maximum absolute atomic E-state index is 13.1. The van der Waals surface area contributed by atoms with Crippen molar-refractivity contribution in [1.29, 1.82) is 0 Å². The van der Waals surface area contributed by atoms with Crippen molar-refractivity contribution < 1.29 is 27.5 Å². The van der Waals surface area contributed by atoms with Crippen LogP contribution in [0, 0.1) is 0 Å². The Bertz CT molecular complexity index is 974. The van der Waals surface area contributed by atoms with Crippen molar-refractivity contribution >= 4 is 17.5 Å². The summed E-state index contributed by atoms with van der Waals surface area (Å²) in [5.74, 6) is -0.387. The average Bonchev–Trinajstić information content (AvgIpc) is 2.73. The molecule has 1 unspecified atom stereocenters. The third kappa shape index (κ3) is 4.13. The van der Waals surface area contributed by atoms with Crippen LogP contribution in [0.1, 0.15) is 52.0 Å². The van der Waals surface area contributed by atoms with E-state index in [1.54, 1.807) is 12.1 Å². The first kappa shape index (κ1) is 20.3. The second-order valence-corrected chi connectivity index (χ2v) is 7.53. The number of alkyl halides is 3. The second-order valence-electron chi connectivity index (χ2n) is 7.53. The molecule has 1 atom stereocenters. The number of amides is 2. The molecule has 0 aromatic heterocycles. The largest absolute Gasteiger partial charge is 0.493 e. The van der Waals surface area contributed by atoms with E-state index >= 15 is 0 Å². The molecule has 5 nitrogen and oxygen atoms in total. The highest BCUT2D eigenvalue weighted by atomic mass is 19.4. The van der Waals surface area contributed by atoms with Crippen molar-refractivity contribution in [3.63, 3.8) is 0 Å². The summed E-state index contributed by atoms with van der Waals surface area (Å²) < 4.78 is 44.5. The van der Waals surface area contributed by atoms with Crippen molar-refractivity contribution in [2.75, 3.05) is 18.5 Å². The van der Waals surface area contributed by atoms with Gasteiger partial charge >= 0.3 is 6.18 Å². The van der Waals surface area contributed by atoms with Gasteiger partial charge in [0.25, 0.3) is 11.8 Å². The molecule has 1 saturated heterocycles. The van der Waals surface area contributed by atoms with Crippen molar-refractivity contribution in [1.82, 2.24) is 4.90 Å². The van der Waals surface area contributed by atoms with Gasteiger partial charge in [0.1, 0.15) is 5.75 Å². The molecule has 0 aliphatic carbocycles. The third-order valence-corrected chi connectivity index (χ3v) is 5.52. The van der Waals surface area contributed by atoms with Crippen LogP contribution in [0.15, 0.2) is 42.5 Å². The molecule has 2 aromatic rings. The number of nitrogens with zero attached hydrogens (tertiary/aromatic N) is 1. The number of ether oxygens (including phenoxy) is 1. The number of fused-ring (bicyclic) bond motifs is 2. The highest BCUT2D eigenvalue weighted by Gasteiger charge is 2.32. The number of piperidine rings is 1. The Balaban J connectivity index is 1.58. The summed E-state index contributed by atoms with van der Waals surface area (Å²) in [5, 5.41) is 2.58. The van der Waals surface area contributed by atoms with Gasteiger partial charge in [0.15, 0.2) is 0 Å². The summed E-state index contributed by atoms with van der Waals surface area (Å²) in [6.07, 6.45) is -0.790. The van der Waals surface area contributed by atoms with Crippen molar-refractivity contribution in [2.45, 2.75) is 37.9 Å². The molecule has 2 aliphatic rings. The lowest BCUT2D eigenvalue weighted by Gasteiger charge is -2.37. The maximum atomic E-state index is 13.1. The van der Waals surface area contributed by atoms with Gasteiger partial charge < -0.3 is 15.0 Å². The minimum atomic E-state index is -4.53. The zero-order chi connectivity index (χ0) is 21.3. The molecule has 1 fully saturated rings. The standard InChI is InChI=1S/C22H21F3N2O3/c23-22(24,25)15-5-3-4-14(12-15)20(28)26-16-7-8-19-18(13-16)21(29)27-10-2-1-6-17(27)9-11-30-19/h3-5,7-8,12-13,17H,1-2,6,9-11H2,(H,26,28). The van der Waals surface area contributed by atoms with Gasteiger partial charge in [-0.25, -0.2) is 0 Å². The van der Waals surface area contributed by atoms with Crippen molar-refractivity contribution in [2.24, 2.45) is 0 Å². The third-order valence-electron chi connectivity index (χ3n) is 5.52. The molecule has 158 valence electrons. The van der Waals surface area contributed by atoms with E-state index in [0.29, 0.717) is 30.2 Å². The topological polar surface area (TPSA) is 58.6 Å². The molecular weight excluding hydrogens is 397 g/mol. The zero-order valence-electron chi connectivity index (χ0n) is 16.2. The average molecular weight is 418 g/mol. The van der Waals surface area contributed by atoms with E-state index in [0.717, 1.165) is 37.8 Å². The van der Waals surface area contributed by atoms with Crippen LogP contribution >= 0.6 is 0 Å². The molecule has 1 N–H and O–H groups in total. The van der Waals surface area contributed by atoms with Crippen LogP contribution in [0.3, 0.4) is 0 Å². The van der Waals surface area contributed by atoms with Gasteiger partial charge in [-0.2, -0.15) is 13.2 Å². The molecule has 2 heterocycles. The van der Waals surface area contributed by atoms with Gasteiger partial charge in [-0.05, 0) is 55.7 Å². The molecule has 0 saturated carbocycles. The van der Waals surface area contributed by atoms with Crippen molar-refractivity contribution in [3.8, 4) is 5.75 Å². The number of rotatable bonds is 2. The summed E-state index contributed by atoms with van der Waals surface area (Å²) in [4.78, 5) is 27.4. The van der Waals surface area contributed by atoms with Crippen LogP contribution in [0.25, 0.3) is 0 Å². The number of anilines is 1. The normalized spacial score (nSPS) is 19.1. The Labute approximate surface area is 171 Å². The molecule has 8 heteroatoms. The Morgan fingerprint density at radius 3 is 2.73 bits per heavy atom. The van der Waals surface area contributed by atoms with Gasteiger partial charge in [-0.15, -0.1) is 0 Å². The molecule has 0 spiro atoms. The number of carbonyl (C=O) groups excluding carboxylic acids is 2. The first-order chi connectivity index (χ1) is 14.3. The summed E-state index contributed by atoms with van der Waals surface area (Å²) in [7, 11) is 0. The fourth-order valence-electron chi connectivity index (χ4n) is 3.97.